The molecular weight excluding hydrogens is 266 g/mol. The van der Waals surface area contributed by atoms with Crippen LogP contribution in [0.25, 0.3) is 0 Å². The molecule has 9 heteroatoms. The molecule has 1 rings (SSSR count). The Kier molecular flexibility index (Phi) is 6.44. The lowest BCUT2D eigenvalue weighted by molar-refractivity contribution is 0.0690. The number of aromatic carboxylic acids is 1. The number of urea groups is 1. The van der Waals surface area contributed by atoms with Crippen molar-refractivity contribution in [2.45, 2.75) is 25.9 Å². The molecule has 0 spiro atoms. The van der Waals surface area contributed by atoms with E-state index in [2.05, 4.69) is 20.9 Å². The van der Waals surface area contributed by atoms with E-state index in [1.165, 1.54) is 10.9 Å². The predicted octanol–water partition coefficient (Wildman–Crippen LogP) is -0.299. The van der Waals surface area contributed by atoms with Crippen LogP contribution in [0.2, 0.25) is 0 Å². The lowest BCUT2D eigenvalue weighted by Gasteiger charge is -2.16. The Morgan fingerprint density at radius 1 is 1.55 bits per heavy atom. The lowest BCUT2D eigenvalue weighted by Crippen LogP contribution is -2.44. The average molecular weight is 285 g/mol. The molecule has 1 unspecified atom stereocenters. The molecule has 0 saturated carbocycles. The highest BCUT2D eigenvalue weighted by Gasteiger charge is 2.10. The predicted molar refractivity (Wildman–Crippen MR) is 69.5 cm³/mol. The first-order valence-electron chi connectivity index (χ1n) is 6.23. The SMILES string of the molecule is CCC(COC)NC(=O)NCCn1cc(C(=O)O)nn1. The van der Waals surface area contributed by atoms with E-state index in [9.17, 15) is 9.59 Å². The maximum absolute atomic E-state index is 11.6. The largest absolute Gasteiger partial charge is 0.476 e. The highest BCUT2D eigenvalue weighted by atomic mass is 16.5. The number of carboxylic acids is 1. The molecule has 9 nitrogen and oxygen atoms in total. The van der Waals surface area contributed by atoms with Gasteiger partial charge in [0.25, 0.3) is 0 Å². The fourth-order valence-electron chi connectivity index (χ4n) is 1.49. The minimum absolute atomic E-state index is 0.0371. The third-order valence-corrected chi connectivity index (χ3v) is 2.58. The van der Waals surface area contributed by atoms with Gasteiger partial charge in [0.05, 0.1) is 25.4 Å². The zero-order valence-corrected chi connectivity index (χ0v) is 11.5. The van der Waals surface area contributed by atoms with Gasteiger partial charge in [-0.25, -0.2) is 14.3 Å². The van der Waals surface area contributed by atoms with Gasteiger partial charge in [0.15, 0.2) is 5.69 Å². The zero-order chi connectivity index (χ0) is 15.0. The molecule has 0 radical (unpaired) electrons. The Bertz CT molecular complexity index is 448. The number of nitrogens with zero attached hydrogens (tertiary/aromatic N) is 3. The number of hydrogen-bond donors (Lipinski definition) is 3. The summed E-state index contributed by atoms with van der Waals surface area (Å²) >= 11 is 0. The van der Waals surface area contributed by atoms with Crippen LogP contribution in [0.3, 0.4) is 0 Å². The van der Waals surface area contributed by atoms with Crippen LogP contribution in [-0.2, 0) is 11.3 Å². The van der Waals surface area contributed by atoms with Crippen molar-refractivity contribution in [3.05, 3.63) is 11.9 Å². The number of aromatic nitrogens is 3. The number of hydrogen-bond acceptors (Lipinski definition) is 5. The van der Waals surface area contributed by atoms with Crippen molar-refractivity contribution in [1.82, 2.24) is 25.6 Å². The first-order chi connectivity index (χ1) is 9.56. The second-order valence-corrected chi connectivity index (χ2v) is 4.13. The number of rotatable bonds is 8. The normalized spacial score (nSPS) is 11.9. The first kappa shape index (κ1) is 15.9. The van der Waals surface area contributed by atoms with Crippen molar-refractivity contribution in [3.63, 3.8) is 0 Å². The van der Waals surface area contributed by atoms with Crippen LogP contribution in [0.1, 0.15) is 23.8 Å². The molecule has 1 aromatic heterocycles. The van der Waals surface area contributed by atoms with Gasteiger partial charge in [-0.3, -0.25) is 0 Å². The number of carbonyl (C=O) groups is 2. The van der Waals surface area contributed by atoms with Crippen molar-refractivity contribution in [1.29, 1.82) is 0 Å². The second kappa shape index (κ2) is 8.10. The van der Waals surface area contributed by atoms with E-state index in [1.54, 1.807) is 7.11 Å². The van der Waals surface area contributed by atoms with Gasteiger partial charge in [0, 0.05) is 13.7 Å². The molecule has 1 heterocycles. The molecule has 0 aliphatic rings. The van der Waals surface area contributed by atoms with Gasteiger partial charge in [-0.2, -0.15) is 0 Å². The minimum Gasteiger partial charge on any atom is -0.476 e. The molecule has 2 amide bonds. The third-order valence-electron chi connectivity index (χ3n) is 2.58. The van der Waals surface area contributed by atoms with Crippen LogP contribution in [0.5, 0.6) is 0 Å². The lowest BCUT2D eigenvalue weighted by atomic mass is 10.2. The summed E-state index contributed by atoms with van der Waals surface area (Å²) < 4.78 is 6.33. The van der Waals surface area contributed by atoms with Crippen molar-refractivity contribution >= 4 is 12.0 Å². The molecule has 0 aliphatic carbocycles. The van der Waals surface area contributed by atoms with Crippen LogP contribution in [0.15, 0.2) is 6.20 Å². The molecule has 0 bridgehead atoms. The van der Waals surface area contributed by atoms with Crippen LogP contribution >= 0.6 is 0 Å². The van der Waals surface area contributed by atoms with Crippen LogP contribution in [0, 0.1) is 0 Å². The summed E-state index contributed by atoms with van der Waals surface area (Å²) in [6.45, 7) is 3.06. The van der Waals surface area contributed by atoms with Crippen molar-refractivity contribution in [2.75, 3.05) is 20.3 Å². The standard InChI is InChI=1S/C11H19N5O4/c1-3-8(7-20-2)13-11(19)12-4-5-16-6-9(10(17)18)14-15-16/h6,8H,3-5,7H2,1-2H3,(H,17,18)(H2,12,13,19). The van der Waals surface area contributed by atoms with Gasteiger partial charge >= 0.3 is 12.0 Å². The number of ether oxygens (including phenoxy) is 1. The molecule has 1 aromatic rings. The molecule has 20 heavy (non-hydrogen) atoms. The van der Waals surface area contributed by atoms with E-state index in [-0.39, 0.29) is 17.8 Å². The Hall–Kier alpha value is -2.16. The molecule has 1 atom stereocenters. The van der Waals surface area contributed by atoms with E-state index in [0.29, 0.717) is 19.7 Å². The Balaban J connectivity index is 2.28. The summed E-state index contributed by atoms with van der Waals surface area (Å²) in [6, 6.07) is -0.336. The Morgan fingerprint density at radius 3 is 2.85 bits per heavy atom. The monoisotopic (exact) mass is 285 g/mol. The second-order valence-electron chi connectivity index (χ2n) is 4.13. The number of amides is 2. The van der Waals surface area contributed by atoms with Crippen molar-refractivity contribution in [2.24, 2.45) is 0 Å². The van der Waals surface area contributed by atoms with Gasteiger partial charge in [0.1, 0.15) is 0 Å². The van der Waals surface area contributed by atoms with Gasteiger partial charge in [-0.15, -0.1) is 5.10 Å². The highest BCUT2D eigenvalue weighted by Crippen LogP contribution is 1.93. The van der Waals surface area contributed by atoms with E-state index < -0.39 is 5.97 Å². The van der Waals surface area contributed by atoms with E-state index >= 15 is 0 Å². The molecule has 0 aromatic carbocycles. The summed E-state index contributed by atoms with van der Waals surface area (Å²) in [4.78, 5) is 22.2. The van der Waals surface area contributed by atoms with Gasteiger partial charge in [-0.1, -0.05) is 12.1 Å². The quantitative estimate of drug-likeness (QED) is 0.603. The fourth-order valence-corrected chi connectivity index (χ4v) is 1.49. The maximum atomic E-state index is 11.6. The summed E-state index contributed by atoms with van der Waals surface area (Å²) in [7, 11) is 1.58. The summed E-state index contributed by atoms with van der Waals surface area (Å²) in [5, 5.41) is 21.2. The summed E-state index contributed by atoms with van der Waals surface area (Å²) in [6.07, 6.45) is 2.08. The average Bonchev–Trinajstić information content (AvgIpc) is 2.87. The Morgan fingerprint density at radius 2 is 2.30 bits per heavy atom. The van der Waals surface area contributed by atoms with Crippen molar-refractivity contribution in [3.8, 4) is 0 Å². The number of methoxy groups -OCH3 is 1. The molecule has 3 N–H and O–H groups in total. The topological polar surface area (TPSA) is 118 Å². The molecule has 0 saturated heterocycles. The van der Waals surface area contributed by atoms with Crippen LogP contribution < -0.4 is 10.6 Å². The summed E-state index contributed by atoms with van der Waals surface area (Å²) in [5.74, 6) is -1.13. The van der Waals surface area contributed by atoms with E-state index in [4.69, 9.17) is 9.84 Å². The maximum Gasteiger partial charge on any atom is 0.358 e. The highest BCUT2D eigenvalue weighted by molar-refractivity contribution is 5.84. The van der Waals surface area contributed by atoms with Gasteiger partial charge in [-0.05, 0) is 6.42 Å². The zero-order valence-electron chi connectivity index (χ0n) is 11.5. The molecular formula is C11H19N5O4. The van der Waals surface area contributed by atoms with Gasteiger partial charge in [0.2, 0.25) is 0 Å². The van der Waals surface area contributed by atoms with Crippen LogP contribution in [-0.4, -0.2) is 58.4 Å². The number of carboxylic acid groups (broad SMARTS) is 1. The number of nitrogens with one attached hydrogen (secondary N) is 2. The molecule has 0 aliphatic heterocycles. The van der Waals surface area contributed by atoms with Crippen LogP contribution in [0.4, 0.5) is 4.79 Å². The smallest absolute Gasteiger partial charge is 0.358 e. The van der Waals surface area contributed by atoms with Crippen molar-refractivity contribution < 1.29 is 19.4 Å². The molecule has 0 fully saturated rings. The first-order valence-corrected chi connectivity index (χ1v) is 6.23. The third kappa shape index (κ3) is 5.22. The minimum atomic E-state index is -1.13. The molecule has 112 valence electrons. The fraction of sp³-hybridized carbons (Fsp3) is 0.636. The Labute approximate surface area is 116 Å². The van der Waals surface area contributed by atoms with E-state index in [1.807, 2.05) is 6.92 Å². The summed E-state index contributed by atoms with van der Waals surface area (Å²) in [5.41, 5.74) is -0.124. The number of carbonyl (C=O) groups excluding carboxylic acids is 1. The van der Waals surface area contributed by atoms with E-state index in [0.717, 1.165) is 6.42 Å². The van der Waals surface area contributed by atoms with Gasteiger partial charge < -0.3 is 20.5 Å².